The van der Waals surface area contributed by atoms with Crippen LogP contribution in [-0.2, 0) is 9.59 Å². The summed E-state index contributed by atoms with van der Waals surface area (Å²) in [5.41, 5.74) is 5.18. The van der Waals surface area contributed by atoms with Gasteiger partial charge in [0.25, 0.3) is 0 Å². The quantitative estimate of drug-likeness (QED) is 0.622. The summed E-state index contributed by atoms with van der Waals surface area (Å²) in [6, 6.07) is -0.198. The second kappa shape index (κ2) is 6.34. The molecule has 0 aromatic heterocycles. The van der Waals surface area contributed by atoms with Crippen molar-refractivity contribution in [3.05, 3.63) is 0 Å². The zero-order valence-corrected chi connectivity index (χ0v) is 11.5. The van der Waals surface area contributed by atoms with Crippen LogP contribution < -0.4 is 16.4 Å². The van der Waals surface area contributed by atoms with E-state index in [9.17, 15) is 9.59 Å². The summed E-state index contributed by atoms with van der Waals surface area (Å²) < 4.78 is 0. The molecule has 0 aliphatic carbocycles. The average molecular weight is 268 g/mol. The molecule has 2 aliphatic rings. The molecule has 2 atom stereocenters. The van der Waals surface area contributed by atoms with Gasteiger partial charge in [-0.3, -0.25) is 14.5 Å². The molecule has 2 saturated heterocycles. The topological polar surface area (TPSA) is 87.5 Å². The van der Waals surface area contributed by atoms with Crippen molar-refractivity contribution in [1.29, 1.82) is 0 Å². The van der Waals surface area contributed by atoms with E-state index < -0.39 is 11.9 Å². The van der Waals surface area contributed by atoms with Crippen LogP contribution in [0, 0.1) is 0 Å². The maximum absolute atomic E-state index is 12.2. The second-order valence-electron chi connectivity index (χ2n) is 5.51. The number of carbonyl (C=O) groups excluding carboxylic acids is 2. The highest BCUT2D eigenvalue weighted by molar-refractivity contribution is 5.88. The van der Waals surface area contributed by atoms with Crippen molar-refractivity contribution in [2.24, 2.45) is 5.73 Å². The Labute approximate surface area is 114 Å². The summed E-state index contributed by atoms with van der Waals surface area (Å²) in [5, 5.41) is 6.06. The molecular weight excluding hydrogens is 244 g/mol. The van der Waals surface area contributed by atoms with Crippen molar-refractivity contribution in [3.8, 4) is 0 Å². The largest absolute Gasteiger partial charge is 0.368 e. The maximum Gasteiger partial charge on any atom is 0.239 e. The molecule has 19 heavy (non-hydrogen) atoms. The minimum absolute atomic E-state index is 0.0534. The molecule has 2 fully saturated rings. The monoisotopic (exact) mass is 268 g/mol. The molecule has 0 spiro atoms. The SMILES string of the molecule is CC(NC(=O)C1CCCN1C1CCNCC1)C(N)=O. The first-order valence-corrected chi connectivity index (χ1v) is 7.15. The predicted molar refractivity (Wildman–Crippen MR) is 72.4 cm³/mol. The number of primary amides is 1. The molecule has 0 aromatic rings. The number of likely N-dealkylation sites (tertiary alicyclic amines) is 1. The van der Waals surface area contributed by atoms with Crippen molar-refractivity contribution in [3.63, 3.8) is 0 Å². The Kier molecular flexibility index (Phi) is 4.76. The Balaban J connectivity index is 1.93. The summed E-state index contributed by atoms with van der Waals surface area (Å²) in [7, 11) is 0. The van der Waals surface area contributed by atoms with Gasteiger partial charge in [0.2, 0.25) is 11.8 Å². The van der Waals surface area contributed by atoms with Crippen LogP contribution in [0.5, 0.6) is 0 Å². The number of piperidine rings is 1. The number of amides is 2. The van der Waals surface area contributed by atoms with E-state index in [1.54, 1.807) is 6.92 Å². The lowest BCUT2D eigenvalue weighted by Crippen LogP contribution is -2.53. The van der Waals surface area contributed by atoms with Crippen LogP contribution in [0.2, 0.25) is 0 Å². The third-order valence-corrected chi connectivity index (χ3v) is 4.16. The smallest absolute Gasteiger partial charge is 0.239 e. The van der Waals surface area contributed by atoms with Crippen LogP contribution >= 0.6 is 0 Å². The highest BCUT2D eigenvalue weighted by atomic mass is 16.2. The van der Waals surface area contributed by atoms with Crippen LogP contribution in [0.25, 0.3) is 0 Å². The summed E-state index contributed by atoms with van der Waals surface area (Å²) in [6.45, 7) is 4.65. The van der Waals surface area contributed by atoms with Gasteiger partial charge in [-0.15, -0.1) is 0 Å². The number of hydrogen-bond acceptors (Lipinski definition) is 4. The number of nitrogens with two attached hydrogens (primary N) is 1. The number of carbonyl (C=O) groups is 2. The lowest BCUT2D eigenvalue weighted by atomic mass is 10.0. The van der Waals surface area contributed by atoms with Gasteiger partial charge in [-0.05, 0) is 52.2 Å². The molecule has 0 saturated carbocycles. The van der Waals surface area contributed by atoms with Crippen molar-refractivity contribution in [1.82, 2.24) is 15.5 Å². The van der Waals surface area contributed by atoms with Crippen LogP contribution in [0.1, 0.15) is 32.6 Å². The first-order chi connectivity index (χ1) is 9.09. The third kappa shape index (κ3) is 3.45. The molecule has 4 N–H and O–H groups in total. The molecule has 6 heteroatoms. The first-order valence-electron chi connectivity index (χ1n) is 7.15. The lowest BCUT2D eigenvalue weighted by molar-refractivity contribution is -0.130. The minimum atomic E-state index is -0.594. The van der Waals surface area contributed by atoms with Gasteiger partial charge in [-0.1, -0.05) is 0 Å². The summed E-state index contributed by atoms with van der Waals surface area (Å²) in [4.78, 5) is 25.6. The zero-order chi connectivity index (χ0) is 13.8. The molecule has 0 aromatic carbocycles. The fraction of sp³-hybridized carbons (Fsp3) is 0.846. The van der Waals surface area contributed by atoms with Gasteiger partial charge in [-0.2, -0.15) is 0 Å². The summed E-state index contributed by atoms with van der Waals surface area (Å²) in [5.74, 6) is -0.540. The molecule has 0 radical (unpaired) electrons. The lowest BCUT2D eigenvalue weighted by Gasteiger charge is -2.35. The highest BCUT2D eigenvalue weighted by Crippen LogP contribution is 2.24. The number of hydrogen-bond donors (Lipinski definition) is 3. The first kappa shape index (κ1) is 14.3. The van der Waals surface area contributed by atoms with E-state index in [1.165, 1.54) is 0 Å². The van der Waals surface area contributed by atoms with Gasteiger partial charge in [0, 0.05) is 6.04 Å². The van der Waals surface area contributed by atoms with Crippen molar-refractivity contribution >= 4 is 11.8 Å². The van der Waals surface area contributed by atoms with Gasteiger partial charge in [0.05, 0.1) is 6.04 Å². The van der Waals surface area contributed by atoms with Gasteiger partial charge in [-0.25, -0.2) is 0 Å². The van der Waals surface area contributed by atoms with Crippen LogP contribution in [0.4, 0.5) is 0 Å². The molecule has 2 unspecified atom stereocenters. The van der Waals surface area contributed by atoms with Crippen LogP contribution in [0.3, 0.4) is 0 Å². The van der Waals surface area contributed by atoms with E-state index in [2.05, 4.69) is 15.5 Å². The molecule has 108 valence electrons. The zero-order valence-electron chi connectivity index (χ0n) is 11.5. The second-order valence-corrected chi connectivity index (χ2v) is 5.51. The number of rotatable bonds is 4. The molecule has 2 heterocycles. The van der Waals surface area contributed by atoms with Gasteiger partial charge in [0.1, 0.15) is 6.04 Å². The van der Waals surface area contributed by atoms with Crippen molar-refractivity contribution in [2.75, 3.05) is 19.6 Å². The Morgan fingerprint density at radius 1 is 1.32 bits per heavy atom. The predicted octanol–water partition coefficient (Wildman–Crippen LogP) is -0.807. The van der Waals surface area contributed by atoms with E-state index >= 15 is 0 Å². The van der Waals surface area contributed by atoms with E-state index in [0.29, 0.717) is 6.04 Å². The van der Waals surface area contributed by atoms with E-state index in [0.717, 1.165) is 45.3 Å². The molecule has 0 bridgehead atoms. The third-order valence-electron chi connectivity index (χ3n) is 4.16. The van der Waals surface area contributed by atoms with E-state index in [1.807, 2.05) is 0 Å². The van der Waals surface area contributed by atoms with Crippen molar-refractivity contribution in [2.45, 2.75) is 50.7 Å². The minimum Gasteiger partial charge on any atom is -0.368 e. The molecule has 2 amide bonds. The fourth-order valence-corrected chi connectivity index (χ4v) is 3.03. The number of nitrogens with one attached hydrogen (secondary N) is 2. The fourth-order valence-electron chi connectivity index (χ4n) is 3.03. The van der Waals surface area contributed by atoms with E-state index in [4.69, 9.17) is 5.73 Å². The molecular formula is C13H24N4O2. The summed E-state index contributed by atoms with van der Waals surface area (Å²) in [6.07, 6.45) is 4.11. The van der Waals surface area contributed by atoms with Gasteiger partial charge < -0.3 is 16.4 Å². The average Bonchev–Trinajstić information content (AvgIpc) is 2.88. The van der Waals surface area contributed by atoms with Gasteiger partial charge in [0.15, 0.2) is 0 Å². The number of nitrogens with zero attached hydrogens (tertiary/aromatic N) is 1. The van der Waals surface area contributed by atoms with Crippen LogP contribution in [-0.4, -0.2) is 54.5 Å². The molecule has 2 rings (SSSR count). The van der Waals surface area contributed by atoms with Crippen molar-refractivity contribution < 1.29 is 9.59 Å². The Morgan fingerprint density at radius 2 is 2.00 bits per heavy atom. The Hall–Kier alpha value is -1.14. The van der Waals surface area contributed by atoms with Crippen LogP contribution in [0.15, 0.2) is 0 Å². The Morgan fingerprint density at radius 3 is 2.63 bits per heavy atom. The standard InChI is InChI=1S/C13H24N4O2/c1-9(12(14)18)16-13(19)11-3-2-8-17(11)10-4-6-15-7-5-10/h9-11,15H,2-8H2,1H3,(H2,14,18)(H,16,19). The summed E-state index contributed by atoms with van der Waals surface area (Å²) >= 11 is 0. The van der Waals surface area contributed by atoms with E-state index in [-0.39, 0.29) is 11.9 Å². The highest BCUT2D eigenvalue weighted by Gasteiger charge is 2.36. The maximum atomic E-state index is 12.2. The Bertz CT molecular complexity index is 342. The normalized spacial score (nSPS) is 27.1. The molecule has 6 nitrogen and oxygen atoms in total. The molecule has 2 aliphatic heterocycles. The van der Waals surface area contributed by atoms with Gasteiger partial charge >= 0.3 is 0 Å².